The summed E-state index contributed by atoms with van der Waals surface area (Å²) in [7, 11) is 3.28. The van der Waals surface area contributed by atoms with Crippen LogP contribution in [0.5, 0.6) is 11.5 Å². The van der Waals surface area contributed by atoms with Crippen LogP contribution in [0.3, 0.4) is 0 Å². The first-order valence-electron chi connectivity index (χ1n) is 10.9. The summed E-state index contributed by atoms with van der Waals surface area (Å²) in [6, 6.07) is 10.6. The van der Waals surface area contributed by atoms with E-state index in [1.54, 1.807) is 14.2 Å². The lowest BCUT2D eigenvalue weighted by Crippen LogP contribution is -3.13. The Hall–Kier alpha value is -2.80. The van der Waals surface area contributed by atoms with Crippen LogP contribution in [-0.2, 0) is 13.0 Å². The summed E-state index contributed by atoms with van der Waals surface area (Å²) in [4.78, 5) is 13.7. The lowest BCUT2D eigenvalue weighted by Gasteiger charge is -2.39. The molecule has 0 radical (unpaired) electrons. The maximum atomic E-state index is 13.4. The van der Waals surface area contributed by atoms with Gasteiger partial charge in [-0.05, 0) is 43.2 Å². The van der Waals surface area contributed by atoms with Crippen molar-refractivity contribution in [1.82, 2.24) is 10.6 Å². The number of amides is 2. The van der Waals surface area contributed by atoms with Gasteiger partial charge in [-0.25, -0.2) is 9.18 Å². The number of hydrogen-bond acceptors (Lipinski definition) is 3. The van der Waals surface area contributed by atoms with Crippen molar-refractivity contribution in [2.75, 3.05) is 27.3 Å². The number of hydrogen-bond donors (Lipinski definition) is 3. The summed E-state index contributed by atoms with van der Waals surface area (Å²) in [6.45, 7) is 6.20. The molecule has 0 spiro atoms. The monoisotopic (exact) mass is 430 g/mol. The maximum absolute atomic E-state index is 13.4. The predicted molar refractivity (Wildman–Crippen MR) is 118 cm³/mol. The number of quaternary nitrogens is 1. The Morgan fingerprint density at radius 2 is 1.84 bits per heavy atom. The van der Waals surface area contributed by atoms with Gasteiger partial charge in [0.15, 0.2) is 11.5 Å². The lowest BCUT2D eigenvalue weighted by molar-refractivity contribution is -0.948. The first-order chi connectivity index (χ1) is 15.0. The van der Waals surface area contributed by atoms with E-state index in [4.69, 9.17) is 9.47 Å². The van der Waals surface area contributed by atoms with Crippen LogP contribution in [0.2, 0.25) is 0 Å². The molecule has 0 saturated carbocycles. The van der Waals surface area contributed by atoms with E-state index in [0.29, 0.717) is 18.0 Å². The molecule has 1 unspecified atom stereocenters. The molecule has 6 nitrogen and oxygen atoms in total. The van der Waals surface area contributed by atoms with E-state index in [1.807, 2.05) is 25.1 Å². The fraction of sp³-hybridized carbons (Fsp3) is 0.458. The van der Waals surface area contributed by atoms with Gasteiger partial charge in [-0.3, -0.25) is 0 Å². The minimum Gasteiger partial charge on any atom is -0.493 e. The van der Waals surface area contributed by atoms with Crippen molar-refractivity contribution in [1.29, 1.82) is 0 Å². The highest BCUT2D eigenvalue weighted by Gasteiger charge is 2.38. The van der Waals surface area contributed by atoms with Gasteiger partial charge in [0.05, 0.1) is 26.8 Å². The fourth-order valence-electron chi connectivity index (χ4n) is 4.48. The second kappa shape index (κ2) is 10.5. The van der Waals surface area contributed by atoms with E-state index in [-0.39, 0.29) is 23.9 Å². The average Bonchev–Trinajstić information content (AvgIpc) is 2.78. The number of nitrogens with one attached hydrogen (secondary N) is 3. The van der Waals surface area contributed by atoms with Crippen LogP contribution in [0.15, 0.2) is 36.4 Å². The standard InChI is InChI=1S/C24H32FN3O3/c1-5-20(27-24(29)26-6-2)23-19-14-22(31-4)21(30-3)13-17(19)11-12-28(23)15-16-7-9-18(25)10-8-16/h7-10,13-14,20,23H,5-6,11-12,15H2,1-4H3,(H2,26,27,29)/p+1/t20-,23+/m0/s1. The number of rotatable bonds is 8. The van der Waals surface area contributed by atoms with Crippen LogP contribution >= 0.6 is 0 Å². The van der Waals surface area contributed by atoms with Gasteiger partial charge in [-0.2, -0.15) is 0 Å². The van der Waals surface area contributed by atoms with Gasteiger partial charge in [0.2, 0.25) is 0 Å². The molecule has 0 aromatic heterocycles. The van der Waals surface area contributed by atoms with E-state index in [1.165, 1.54) is 22.6 Å². The van der Waals surface area contributed by atoms with Gasteiger partial charge < -0.3 is 25.0 Å². The van der Waals surface area contributed by atoms with Gasteiger partial charge in [0.1, 0.15) is 18.4 Å². The van der Waals surface area contributed by atoms with Crippen LogP contribution in [0.25, 0.3) is 0 Å². The van der Waals surface area contributed by atoms with Crippen molar-refractivity contribution < 1.29 is 23.6 Å². The zero-order valence-corrected chi connectivity index (χ0v) is 18.8. The number of ether oxygens (including phenoxy) is 2. The number of urea groups is 1. The van der Waals surface area contributed by atoms with Crippen molar-refractivity contribution in [3.05, 3.63) is 58.9 Å². The Bertz CT molecular complexity index is 888. The Morgan fingerprint density at radius 3 is 2.45 bits per heavy atom. The van der Waals surface area contributed by atoms with Gasteiger partial charge in [0.25, 0.3) is 0 Å². The van der Waals surface area contributed by atoms with Gasteiger partial charge in [-0.15, -0.1) is 0 Å². The zero-order chi connectivity index (χ0) is 22.4. The third-order valence-electron chi connectivity index (χ3n) is 5.98. The molecule has 31 heavy (non-hydrogen) atoms. The highest BCUT2D eigenvalue weighted by atomic mass is 19.1. The lowest BCUT2D eigenvalue weighted by atomic mass is 9.86. The molecule has 2 aromatic rings. The number of carbonyl (C=O) groups excluding carboxylic acids is 1. The molecule has 168 valence electrons. The van der Waals surface area contributed by atoms with Crippen LogP contribution in [-0.4, -0.2) is 39.4 Å². The third-order valence-corrected chi connectivity index (χ3v) is 5.98. The van der Waals surface area contributed by atoms with Crippen LogP contribution in [0, 0.1) is 5.82 Å². The van der Waals surface area contributed by atoms with E-state index in [9.17, 15) is 9.18 Å². The van der Waals surface area contributed by atoms with Crippen LogP contribution in [0.1, 0.15) is 43.0 Å². The molecular weight excluding hydrogens is 397 g/mol. The smallest absolute Gasteiger partial charge is 0.315 e. The van der Waals surface area contributed by atoms with Crippen molar-refractivity contribution in [2.45, 2.75) is 45.3 Å². The summed E-state index contributed by atoms with van der Waals surface area (Å²) < 4.78 is 24.5. The Morgan fingerprint density at radius 1 is 1.16 bits per heavy atom. The highest BCUT2D eigenvalue weighted by molar-refractivity contribution is 5.74. The number of fused-ring (bicyclic) bond motifs is 1. The minimum absolute atomic E-state index is 0.0289. The van der Waals surface area contributed by atoms with Crippen LogP contribution in [0.4, 0.5) is 9.18 Å². The van der Waals surface area contributed by atoms with Gasteiger partial charge >= 0.3 is 6.03 Å². The summed E-state index contributed by atoms with van der Waals surface area (Å²) in [6.07, 6.45) is 1.67. The predicted octanol–water partition coefficient (Wildman–Crippen LogP) is 2.62. The maximum Gasteiger partial charge on any atom is 0.315 e. The quantitative estimate of drug-likeness (QED) is 0.603. The normalized spacial score (nSPS) is 18.6. The van der Waals surface area contributed by atoms with E-state index in [0.717, 1.165) is 37.1 Å². The second-order valence-corrected chi connectivity index (χ2v) is 7.86. The third kappa shape index (κ3) is 5.28. The largest absolute Gasteiger partial charge is 0.493 e. The van der Waals surface area contributed by atoms with Crippen molar-refractivity contribution in [2.24, 2.45) is 0 Å². The molecule has 2 aromatic carbocycles. The Labute approximate surface area is 183 Å². The summed E-state index contributed by atoms with van der Waals surface area (Å²) in [5.41, 5.74) is 3.43. The van der Waals surface area contributed by atoms with Gasteiger partial charge in [0, 0.05) is 24.1 Å². The van der Waals surface area contributed by atoms with Crippen molar-refractivity contribution in [3.63, 3.8) is 0 Å². The summed E-state index contributed by atoms with van der Waals surface area (Å²) in [5.74, 6) is 1.16. The molecule has 0 fully saturated rings. The highest BCUT2D eigenvalue weighted by Crippen LogP contribution is 2.35. The van der Waals surface area contributed by atoms with Crippen molar-refractivity contribution >= 4 is 6.03 Å². The summed E-state index contributed by atoms with van der Waals surface area (Å²) >= 11 is 0. The molecule has 0 saturated heterocycles. The second-order valence-electron chi connectivity index (χ2n) is 7.86. The van der Waals surface area contributed by atoms with E-state index >= 15 is 0 Å². The summed E-state index contributed by atoms with van der Waals surface area (Å²) in [5, 5.41) is 6.01. The fourth-order valence-corrected chi connectivity index (χ4v) is 4.48. The molecule has 0 aliphatic carbocycles. The molecular formula is C24H33FN3O3+. The number of halogens is 1. The van der Waals surface area contributed by atoms with Crippen molar-refractivity contribution in [3.8, 4) is 11.5 Å². The molecule has 3 rings (SSSR count). The molecule has 1 aliphatic rings. The number of carbonyl (C=O) groups is 1. The molecule has 3 atom stereocenters. The molecule has 3 N–H and O–H groups in total. The molecule has 7 heteroatoms. The molecule has 0 bridgehead atoms. The minimum atomic E-state index is -0.236. The zero-order valence-electron chi connectivity index (χ0n) is 18.8. The molecule has 1 heterocycles. The first-order valence-corrected chi connectivity index (χ1v) is 10.9. The average molecular weight is 431 g/mol. The Balaban J connectivity index is 2.00. The van der Waals surface area contributed by atoms with Crippen LogP contribution < -0.4 is 25.0 Å². The number of methoxy groups -OCH3 is 2. The number of benzene rings is 2. The molecule has 1 aliphatic heterocycles. The first kappa shape index (κ1) is 22.9. The molecule has 2 amide bonds. The topological polar surface area (TPSA) is 64.0 Å². The SMILES string of the molecule is CCNC(=O)N[C@@H](CC)[C@H]1c2cc(OC)c(OC)cc2CC[NH+]1Cc1ccc(F)cc1. The van der Waals surface area contributed by atoms with E-state index < -0.39 is 0 Å². The Kier molecular flexibility index (Phi) is 7.74. The van der Waals surface area contributed by atoms with E-state index in [2.05, 4.69) is 23.6 Å². The van der Waals surface area contributed by atoms with Gasteiger partial charge in [-0.1, -0.05) is 19.1 Å².